The molecule has 0 atom stereocenters. The van der Waals surface area contributed by atoms with Crippen LogP contribution < -0.4 is 0 Å². The standard InChI is InChI=1S/C19H31N3O2S/c1-15-13-16(2)19(17(3)14-15)25(23,24)22-11-9-21(10-12-22)18-5-7-20(4)8-6-18/h13-14,18H,5-12H2,1-4H3. The van der Waals surface area contributed by atoms with E-state index in [-0.39, 0.29) is 0 Å². The molecular formula is C19H31N3O2S. The van der Waals surface area contributed by atoms with E-state index in [4.69, 9.17) is 0 Å². The van der Waals surface area contributed by atoms with E-state index < -0.39 is 10.0 Å². The highest BCUT2D eigenvalue weighted by Gasteiger charge is 2.33. The van der Waals surface area contributed by atoms with Crippen molar-refractivity contribution in [3.63, 3.8) is 0 Å². The molecular weight excluding hydrogens is 334 g/mol. The number of likely N-dealkylation sites (tertiary alicyclic amines) is 1. The van der Waals surface area contributed by atoms with Crippen LogP contribution in [0.3, 0.4) is 0 Å². The van der Waals surface area contributed by atoms with Crippen molar-refractivity contribution in [3.05, 3.63) is 28.8 Å². The lowest BCUT2D eigenvalue weighted by atomic mass is 10.0. The molecule has 0 N–H and O–H groups in total. The Balaban J connectivity index is 1.70. The molecule has 0 unspecified atom stereocenters. The minimum absolute atomic E-state index is 0.505. The molecule has 1 aromatic rings. The predicted octanol–water partition coefficient (Wildman–Crippen LogP) is 2.01. The Bertz CT molecular complexity index is 693. The third kappa shape index (κ3) is 3.92. The van der Waals surface area contributed by atoms with Crippen molar-refractivity contribution in [2.45, 2.75) is 44.6 Å². The SMILES string of the molecule is Cc1cc(C)c(S(=O)(=O)N2CCN(C3CCN(C)CC3)CC2)c(C)c1. The number of hydrogen-bond acceptors (Lipinski definition) is 4. The summed E-state index contributed by atoms with van der Waals surface area (Å²) in [5.41, 5.74) is 2.83. The number of piperazine rings is 1. The highest BCUT2D eigenvalue weighted by atomic mass is 32.2. The van der Waals surface area contributed by atoms with Crippen LogP contribution in [0.1, 0.15) is 29.5 Å². The molecule has 3 rings (SSSR count). The first kappa shape index (κ1) is 18.8. The van der Waals surface area contributed by atoms with Gasteiger partial charge >= 0.3 is 0 Å². The molecule has 0 aromatic heterocycles. The molecule has 0 spiro atoms. The van der Waals surface area contributed by atoms with Crippen LogP contribution in [-0.4, -0.2) is 74.9 Å². The Morgan fingerprint density at radius 2 is 1.40 bits per heavy atom. The highest BCUT2D eigenvalue weighted by molar-refractivity contribution is 7.89. The Kier molecular flexibility index (Phi) is 5.54. The van der Waals surface area contributed by atoms with Gasteiger partial charge in [-0.2, -0.15) is 4.31 Å². The van der Waals surface area contributed by atoms with Crippen LogP contribution in [-0.2, 0) is 10.0 Å². The average molecular weight is 366 g/mol. The maximum Gasteiger partial charge on any atom is 0.243 e. The molecule has 25 heavy (non-hydrogen) atoms. The van der Waals surface area contributed by atoms with Crippen LogP contribution in [0.15, 0.2) is 17.0 Å². The van der Waals surface area contributed by atoms with Crippen molar-refractivity contribution < 1.29 is 8.42 Å². The van der Waals surface area contributed by atoms with Gasteiger partial charge in [0.05, 0.1) is 4.90 Å². The number of aryl methyl sites for hydroxylation is 3. The van der Waals surface area contributed by atoms with Crippen LogP contribution in [0, 0.1) is 20.8 Å². The van der Waals surface area contributed by atoms with E-state index in [0.29, 0.717) is 24.0 Å². The fraction of sp³-hybridized carbons (Fsp3) is 0.684. The maximum absolute atomic E-state index is 13.2. The first-order valence-electron chi connectivity index (χ1n) is 9.29. The quantitative estimate of drug-likeness (QED) is 0.822. The van der Waals surface area contributed by atoms with Crippen LogP contribution in [0.5, 0.6) is 0 Å². The number of nitrogens with zero attached hydrogens (tertiary/aromatic N) is 3. The van der Waals surface area contributed by atoms with Crippen LogP contribution >= 0.6 is 0 Å². The molecule has 5 nitrogen and oxygen atoms in total. The van der Waals surface area contributed by atoms with Crippen LogP contribution in [0.25, 0.3) is 0 Å². The molecule has 0 saturated carbocycles. The second-order valence-corrected chi connectivity index (χ2v) is 9.58. The first-order chi connectivity index (χ1) is 11.8. The van der Waals surface area contributed by atoms with Crippen LogP contribution in [0.4, 0.5) is 0 Å². The van der Waals surface area contributed by atoms with Gasteiger partial charge in [0, 0.05) is 32.2 Å². The number of rotatable bonds is 3. The Morgan fingerprint density at radius 1 is 0.880 bits per heavy atom. The molecule has 0 bridgehead atoms. The lowest BCUT2D eigenvalue weighted by Crippen LogP contribution is -2.54. The molecule has 0 radical (unpaired) electrons. The van der Waals surface area contributed by atoms with E-state index in [0.717, 1.165) is 42.9 Å². The van der Waals surface area contributed by atoms with Gasteiger partial charge < -0.3 is 4.90 Å². The molecule has 2 aliphatic rings. The molecule has 0 aliphatic carbocycles. The summed E-state index contributed by atoms with van der Waals surface area (Å²) in [5.74, 6) is 0. The fourth-order valence-corrected chi connectivity index (χ4v) is 6.21. The molecule has 2 saturated heterocycles. The van der Waals surface area contributed by atoms with Gasteiger partial charge in [-0.3, -0.25) is 4.90 Å². The third-order valence-electron chi connectivity index (χ3n) is 5.68. The van der Waals surface area contributed by atoms with Gasteiger partial charge in [-0.1, -0.05) is 17.7 Å². The van der Waals surface area contributed by atoms with Crippen molar-refractivity contribution in [2.75, 3.05) is 46.3 Å². The van der Waals surface area contributed by atoms with Gasteiger partial charge in [0.15, 0.2) is 0 Å². The largest absolute Gasteiger partial charge is 0.306 e. The van der Waals surface area contributed by atoms with Crippen LogP contribution in [0.2, 0.25) is 0 Å². The van der Waals surface area contributed by atoms with Crippen molar-refractivity contribution in [1.82, 2.24) is 14.1 Å². The summed E-state index contributed by atoms with van der Waals surface area (Å²) < 4.78 is 28.0. The van der Waals surface area contributed by atoms with E-state index in [1.807, 2.05) is 32.9 Å². The van der Waals surface area contributed by atoms with Gasteiger partial charge in [0.2, 0.25) is 10.0 Å². The fourth-order valence-electron chi connectivity index (χ4n) is 4.37. The van der Waals surface area contributed by atoms with E-state index in [1.54, 1.807) is 4.31 Å². The van der Waals surface area contributed by atoms with Gasteiger partial charge in [0.1, 0.15) is 0 Å². The monoisotopic (exact) mass is 365 g/mol. The summed E-state index contributed by atoms with van der Waals surface area (Å²) >= 11 is 0. The van der Waals surface area contributed by atoms with Crippen molar-refractivity contribution in [2.24, 2.45) is 0 Å². The zero-order valence-corrected chi connectivity index (χ0v) is 16.8. The number of piperidine rings is 1. The second-order valence-electron chi connectivity index (χ2n) is 7.70. The summed E-state index contributed by atoms with van der Waals surface area (Å²) in [4.78, 5) is 5.37. The molecule has 140 valence electrons. The summed E-state index contributed by atoms with van der Waals surface area (Å²) in [5, 5.41) is 0. The Morgan fingerprint density at radius 3 is 1.92 bits per heavy atom. The van der Waals surface area contributed by atoms with E-state index >= 15 is 0 Å². The zero-order valence-electron chi connectivity index (χ0n) is 16.0. The smallest absolute Gasteiger partial charge is 0.243 e. The number of benzene rings is 1. The van der Waals surface area contributed by atoms with Gasteiger partial charge in [-0.05, 0) is 64.9 Å². The minimum Gasteiger partial charge on any atom is -0.306 e. The summed E-state index contributed by atoms with van der Waals surface area (Å²) in [6.45, 7) is 11.0. The lowest BCUT2D eigenvalue weighted by molar-refractivity contribution is 0.0892. The molecule has 2 fully saturated rings. The molecule has 6 heteroatoms. The summed E-state index contributed by atoms with van der Waals surface area (Å²) in [7, 11) is -1.23. The zero-order chi connectivity index (χ0) is 18.2. The first-order valence-corrected chi connectivity index (χ1v) is 10.7. The van der Waals surface area contributed by atoms with Crippen molar-refractivity contribution in [1.29, 1.82) is 0 Å². The third-order valence-corrected chi connectivity index (χ3v) is 7.89. The van der Waals surface area contributed by atoms with E-state index in [2.05, 4.69) is 16.8 Å². The highest BCUT2D eigenvalue weighted by Crippen LogP contribution is 2.27. The Labute approximate surface area is 152 Å². The van der Waals surface area contributed by atoms with Crippen molar-refractivity contribution >= 4 is 10.0 Å². The number of sulfonamides is 1. The van der Waals surface area contributed by atoms with Gasteiger partial charge in [0.25, 0.3) is 0 Å². The second kappa shape index (κ2) is 7.35. The molecule has 1 aromatic carbocycles. The minimum atomic E-state index is -3.40. The summed E-state index contributed by atoms with van der Waals surface area (Å²) in [6.07, 6.45) is 2.39. The molecule has 0 amide bonds. The summed E-state index contributed by atoms with van der Waals surface area (Å²) in [6, 6.07) is 4.55. The molecule has 2 aliphatic heterocycles. The van der Waals surface area contributed by atoms with E-state index in [1.165, 1.54) is 12.8 Å². The van der Waals surface area contributed by atoms with E-state index in [9.17, 15) is 8.42 Å². The lowest BCUT2D eigenvalue weighted by Gasteiger charge is -2.41. The topological polar surface area (TPSA) is 43.9 Å². The number of hydrogen-bond donors (Lipinski definition) is 0. The van der Waals surface area contributed by atoms with Gasteiger partial charge in [-0.15, -0.1) is 0 Å². The Hall–Kier alpha value is -0.950. The maximum atomic E-state index is 13.2. The molecule has 2 heterocycles. The predicted molar refractivity (Wildman–Crippen MR) is 102 cm³/mol. The average Bonchev–Trinajstić information content (AvgIpc) is 2.54. The van der Waals surface area contributed by atoms with Crippen molar-refractivity contribution in [3.8, 4) is 0 Å². The normalized spacial score (nSPS) is 22.4. The van der Waals surface area contributed by atoms with Gasteiger partial charge in [-0.25, -0.2) is 8.42 Å².